The molecular weight excluding hydrogens is 265 g/mol. The molecule has 0 heterocycles. The Morgan fingerprint density at radius 2 is 0.900 bits per heavy atom. The zero-order valence-corrected chi connectivity index (χ0v) is 14.5. The first-order valence-electron chi connectivity index (χ1n) is 7.17. The van der Waals surface area contributed by atoms with Gasteiger partial charge in [-0.05, 0) is 0 Å². The molecule has 0 spiro atoms. The molecule has 1 N–H and O–H groups in total. The minimum absolute atomic E-state index is 0.602. The van der Waals surface area contributed by atoms with Crippen molar-refractivity contribution in [3.8, 4) is 0 Å². The molecule has 0 radical (unpaired) electrons. The van der Waals surface area contributed by atoms with Crippen LogP contribution in [0.25, 0.3) is 0 Å². The predicted molar refractivity (Wildman–Crippen MR) is 85.0 cm³/mol. The van der Waals surface area contributed by atoms with Gasteiger partial charge in [0.05, 0.1) is 5.56 Å². The lowest BCUT2D eigenvalue weighted by molar-refractivity contribution is -0.137. The molecule has 0 aliphatic heterocycles. The predicted octanol–water partition coefficient (Wildman–Crippen LogP) is 6.42. The van der Waals surface area contributed by atoms with E-state index in [1.807, 2.05) is 55.4 Å². The average molecular weight is 298 g/mol. The van der Waals surface area contributed by atoms with Crippen LogP contribution in [0.4, 0.5) is 13.2 Å². The molecule has 1 aromatic rings. The number of aliphatic hydroxyl groups excluding tert-OH is 1. The van der Waals surface area contributed by atoms with Gasteiger partial charge in [-0.2, -0.15) is 13.2 Å². The molecule has 0 bridgehead atoms. The second-order valence-corrected chi connectivity index (χ2v) is 1.86. The Balaban J connectivity index is -0.0000000639. The van der Waals surface area contributed by atoms with Gasteiger partial charge in [-0.15, -0.1) is 0 Å². The number of hydrogen-bond donors (Lipinski definition) is 1. The van der Waals surface area contributed by atoms with Crippen molar-refractivity contribution in [3.63, 3.8) is 0 Å². The Bertz CT molecular complexity index is 209. The highest BCUT2D eigenvalue weighted by Crippen LogP contribution is 2.28. The van der Waals surface area contributed by atoms with E-state index >= 15 is 0 Å². The van der Waals surface area contributed by atoms with Crippen molar-refractivity contribution >= 4 is 0 Å². The van der Waals surface area contributed by atoms with Crippen molar-refractivity contribution in [2.75, 3.05) is 7.11 Å². The first-order valence-corrected chi connectivity index (χ1v) is 7.17. The van der Waals surface area contributed by atoms with Gasteiger partial charge in [-0.3, -0.25) is 0 Å². The molecule has 0 aromatic heterocycles. The third-order valence-corrected chi connectivity index (χ3v) is 1.10. The van der Waals surface area contributed by atoms with Gasteiger partial charge in [0, 0.05) is 7.11 Å². The molecule has 20 heavy (non-hydrogen) atoms. The maximum Gasteiger partial charge on any atom is 0.416 e. The normalized spacial score (nSPS) is 7.25. The van der Waals surface area contributed by atoms with E-state index in [2.05, 4.69) is 0 Å². The van der Waals surface area contributed by atoms with Crippen LogP contribution in [-0.2, 0) is 6.18 Å². The molecule has 1 rings (SSSR count). The molecule has 4 heteroatoms. The van der Waals surface area contributed by atoms with Crippen LogP contribution in [0.3, 0.4) is 0 Å². The van der Waals surface area contributed by atoms with Gasteiger partial charge < -0.3 is 5.11 Å². The van der Waals surface area contributed by atoms with Crippen LogP contribution >= 0.6 is 0 Å². The molecule has 0 unspecified atom stereocenters. The van der Waals surface area contributed by atoms with Crippen LogP contribution in [0.5, 0.6) is 0 Å². The molecule has 0 fully saturated rings. The van der Waals surface area contributed by atoms with E-state index in [0.29, 0.717) is 0 Å². The summed E-state index contributed by atoms with van der Waals surface area (Å²) in [5.74, 6) is 0. The second-order valence-electron chi connectivity index (χ2n) is 1.86. The minimum atomic E-state index is -4.21. The number of aliphatic hydroxyl groups is 1. The van der Waals surface area contributed by atoms with Crippen molar-refractivity contribution in [1.82, 2.24) is 0 Å². The zero-order valence-electron chi connectivity index (χ0n) is 14.5. The van der Waals surface area contributed by atoms with Crippen molar-refractivity contribution < 1.29 is 18.3 Å². The number of rotatable bonds is 0. The van der Waals surface area contributed by atoms with Gasteiger partial charge in [-0.1, -0.05) is 85.7 Å². The summed E-state index contributed by atoms with van der Waals surface area (Å²) in [6.45, 7) is 16.0. The molecule has 0 aliphatic carbocycles. The Hall–Kier alpha value is -1.03. The highest BCUT2D eigenvalue weighted by atomic mass is 19.4. The fraction of sp³-hybridized carbons (Fsp3) is 0.625. The summed E-state index contributed by atoms with van der Waals surface area (Å²) in [5, 5.41) is 7.00. The third kappa shape index (κ3) is 25.7. The lowest BCUT2D eigenvalue weighted by atomic mass is 10.2. The molecule has 0 saturated heterocycles. The van der Waals surface area contributed by atoms with Crippen LogP contribution in [0.15, 0.2) is 30.3 Å². The highest BCUT2D eigenvalue weighted by molar-refractivity contribution is 5.17. The maximum absolute atomic E-state index is 11.8. The van der Waals surface area contributed by atoms with Crippen LogP contribution in [-0.4, -0.2) is 12.2 Å². The lowest BCUT2D eigenvalue weighted by Gasteiger charge is -2.03. The fourth-order valence-corrected chi connectivity index (χ4v) is 0.627. The Morgan fingerprint density at radius 1 is 0.650 bits per heavy atom. The minimum Gasteiger partial charge on any atom is -0.400 e. The smallest absolute Gasteiger partial charge is 0.400 e. The molecule has 0 atom stereocenters. The van der Waals surface area contributed by atoms with Gasteiger partial charge in [0.1, 0.15) is 0 Å². The Morgan fingerprint density at radius 3 is 1.05 bits per heavy atom. The summed E-state index contributed by atoms with van der Waals surface area (Å²) in [7, 11) is 1.00. The standard InChI is InChI=1S/C7H5F3.4C2H6.CH4O/c8-7(9,10)6-4-2-1-3-5-6;5*1-2/h1-5H;4*1-2H3;2H,1H3. The number of halogens is 3. The molecule has 0 aliphatic rings. The van der Waals surface area contributed by atoms with Gasteiger partial charge in [0.15, 0.2) is 0 Å². The van der Waals surface area contributed by atoms with Crippen molar-refractivity contribution in [3.05, 3.63) is 35.9 Å². The van der Waals surface area contributed by atoms with Crippen molar-refractivity contribution in [1.29, 1.82) is 0 Å². The Labute approximate surface area is 123 Å². The average Bonchev–Trinajstić information content (AvgIpc) is 2.57. The summed E-state index contributed by atoms with van der Waals surface area (Å²) >= 11 is 0. The lowest BCUT2D eigenvalue weighted by Crippen LogP contribution is -2.03. The van der Waals surface area contributed by atoms with E-state index in [1.165, 1.54) is 12.1 Å². The van der Waals surface area contributed by atoms with Crippen molar-refractivity contribution in [2.45, 2.75) is 61.6 Å². The first-order chi connectivity index (χ1) is 9.61. The third-order valence-electron chi connectivity index (χ3n) is 1.10. The molecule has 1 nitrogen and oxygen atoms in total. The largest absolute Gasteiger partial charge is 0.416 e. The van der Waals surface area contributed by atoms with E-state index in [4.69, 9.17) is 5.11 Å². The van der Waals surface area contributed by atoms with Crippen LogP contribution in [0, 0.1) is 0 Å². The van der Waals surface area contributed by atoms with E-state index in [1.54, 1.807) is 6.07 Å². The van der Waals surface area contributed by atoms with Crippen LogP contribution in [0.2, 0.25) is 0 Å². The number of alkyl halides is 3. The number of benzene rings is 1. The molecule has 0 amide bonds. The molecular formula is C16H33F3O. The van der Waals surface area contributed by atoms with E-state index in [-0.39, 0.29) is 0 Å². The number of hydrogen-bond acceptors (Lipinski definition) is 1. The molecule has 124 valence electrons. The summed E-state index contributed by atoms with van der Waals surface area (Å²) in [6.07, 6.45) is -4.21. The maximum atomic E-state index is 11.8. The summed E-state index contributed by atoms with van der Waals surface area (Å²) in [6, 6.07) is 6.36. The van der Waals surface area contributed by atoms with Crippen molar-refractivity contribution in [2.24, 2.45) is 0 Å². The topological polar surface area (TPSA) is 20.2 Å². The summed E-state index contributed by atoms with van der Waals surface area (Å²) in [5.41, 5.74) is -0.602. The molecule has 1 aromatic carbocycles. The summed E-state index contributed by atoms with van der Waals surface area (Å²) < 4.78 is 35.4. The van der Waals surface area contributed by atoms with E-state index < -0.39 is 11.7 Å². The summed E-state index contributed by atoms with van der Waals surface area (Å²) in [4.78, 5) is 0. The van der Waals surface area contributed by atoms with Crippen LogP contribution < -0.4 is 0 Å². The monoisotopic (exact) mass is 298 g/mol. The fourth-order valence-electron chi connectivity index (χ4n) is 0.627. The SMILES string of the molecule is CC.CC.CC.CC.CO.FC(F)(F)c1ccccc1. The first kappa shape index (κ1) is 31.4. The van der Waals surface area contributed by atoms with Crippen LogP contribution in [0.1, 0.15) is 61.0 Å². The van der Waals surface area contributed by atoms with Gasteiger partial charge in [-0.25, -0.2) is 0 Å². The van der Waals surface area contributed by atoms with E-state index in [0.717, 1.165) is 19.2 Å². The van der Waals surface area contributed by atoms with Gasteiger partial charge in [0.2, 0.25) is 0 Å². The second kappa shape index (κ2) is 30.8. The quantitative estimate of drug-likeness (QED) is 0.586. The zero-order chi connectivity index (χ0) is 17.6. The van der Waals surface area contributed by atoms with Gasteiger partial charge in [0.25, 0.3) is 0 Å². The highest BCUT2D eigenvalue weighted by Gasteiger charge is 2.29. The molecule has 0 saturated carbocycles. The Kier molecular flexibility index (Phi) is 48.3. The van der Waals surface area contributed by atoms with Gasteiger partial charge >= 0.3 is 6.18 Å². The van der Waals surface area contributed by atoms with E-state index in [9.17, 15) is 13.2 Å².